The van der Waals surface area contributed by atoms with Crippen molar-refractivity contribution in [3.05, 3.63) is 77.7 Å². The van der Waals surface area contributed by atoms with E-state index in [-0.39, 0.29) is 5.91 Å². The predicted molar refractivity (Wildman–Crippen MR) is 120 cm³/mol. The second-order valence-corrected chi connectivity index (χ2v) is 7.72. The highest BCUT2D eigenvalue weighted by molar-refractivity contribution is 7.14. The molecule has 0 aliphatic heterocycles. The molecule has 0 aliphatic carbocycles. The van der Waals surface area contributed by atoms with Gasteiger partial charge >= 0.3 is 0 Å². The molecule has 0 saturated heterocycles. The van der Waals surface area contributed by atoms with E-state index in [9.17, 15) is 4.79 Å². The number of thiazole rings is 1. The standard InChI is InChI=1S/C24H22N2O2S/c1-17-7-2-5-10-22(17)28-14-6-11-23(27)26-24-25-21(16-29-24)20-13-12-18-8-3-4-9-19(18)15-20/h2-5,7-10,12-13,15-16H,6,11,14H2,1H3,(H,25,26,27). The fraction of sp³-hybridized carbons (Fsp3) is 0.167. The van der Waals surface area contributed by atoms with Gasteiger partial charge in [-0.05, 0) is 41.8 Å². The Morgan fingerprint density at radius 2 is 1.83 bits per heavy atom. The van der Waals surface area contributed by atoms with Gasteiger partial charge in [0, 0.05) is 17.4 Å². The molecular weight excluding hydrogens is 380 g/mol. The minimum absolute atomic E-state index is 0.0437. The predicted octanol–water partition coefficient (Wildman–Crippen LogP) is 6.07. The number of benzene rings is 3. The van der Waals surface area contributed by atoms with Crippen molar-refractivity contribution in [3.8, 4) is 17.0 Å². The van der Waals surface area contributed by atoms with Crippen LogP contribution < -0.4 is 10.1 Å². The number of nitrogens with one attached hydrogen (secondary N) is 1. The number of carbonyl (C=O) groups excluding carboxylic acids is 1. The number of amides is 1. The lowest BCUT2D eigenvalue weighted by atomic mass is 10.1. The Balaban J connectivity index is 1.30. The van der Waals surface area contributed by atoms with E-state index in [4.69, 9.17) is 4.74 Å². The topological polar surface area (TPSA) is 51.2 Å². The number of para-hydroxylation sites is 1. The van der Waals surface area contributed by atoms with Crippen molar-refractivity contribution in [2.45, 2.75) is 19.8 Å². The highest BCUT2D eigenvalue weighted by atomic mass is 32.1. The zero-order valence-electron chi connectivity index (χ0n) is 16.2. The number of aromatic nitrogens is 1. The molecule has 146 valence electrons. The van der Waals surface area contributed by atoms with E-state index in [0.29, 0.717) is 24.6 Å². The molecule has 5 heteroatoms. The van der Waals surface area contributed by atoms with Crippen LogP contribution in [-0.2, 0) is 4.79 Å². The molecule has 0 radical (unpaired) electrons. The minimum Gasteiger partial charge on any atom is -0.493 e. The first-order chi connectivity index (χ1) is 14.2. The molecule has 1 N–H and O–H groups in total. The summed E-state index contributed by atoms with van der Waals surface area (Å²) in [6.45, 7) is 2.52. The summed E-state index contributed by atoms with van der Waals surface area (Å²) in [7, 11) is 0. The third-order valence-corrected chi connectivity index (χ3v) is 5.45. The SMILES string of the molecule is Cc1ccccc1OCCCC(=O)Nc1nc(-c2ccc3ccccc3c2)cs1. The first-order valence-electron chi connectivity index (χ1n) is 9.62. The van der Waals surface area contributed by atoms with Crippen LogP contribution in [-0.4, -0.2) is 17.5 Å². The molecule has 4 rings (SSSR count). The van der Waals surface area contributed by atoms with E-state index in [1.807, 2.05) is 48.7 Å². The molecule has 0 unspecified atom stereocenters. The number of ether oxygens (including phenoxy) is 1. The molecule has 3 aromatic carbocycles. The first-order valence-corrected chi connectivity index (χ1v) is 10.5. The summed E-state index contributed by atoms with van der Waals surface area (Å²) in [6.07, 6.45) is 1.06. The molecule has 4 nitrogen and oxygen atoms in total. The Kier molecular flexibility index (Phi) is 5.86. The summed E-state index contributed by atoms with van der Waals surface area (Å²) in [5.74, 6) is 0.825. The van der Waals surface area contributed by atoms with Gasteiger partial charge in [0.1, 0.15) is 5.75 Å². The summed E-state index contributed by atoms with van der Waals surface area (Å²) in [5, 5.41) is 7.87. The molecule has 1 heterocycles. The number of rotatable bonds is 7. The van der Waals surface area contributed by atoms with Crippen molar-refractivity contribution in [1.29, 1.82) is 0 Å². The van der Waals surface area contributed by atoms with Crippen molar-refractivity contribution < 1.29 is 9.53 Å². The number of hydrogen-bond acceptors (Lipinski definition) is 4. The molecule has 29 heavy (non-hydrogen) atoms. The van der Waals surface area contributed by atoms with Gasteiger partial charge in [-0.2, -0.15) is 0 Å². The number of aryl methyl sites for hydroxylation is 1. The highest BCUT2D eigenvalue weighted by Gasteiger charge is 2.09. The van der Waals surface area contributed by atoms with E-state index in [1.54, 1.807) is 0 Å². The van der Waals surface area contributed by atoms with Gasteiger partial charge in [0.15, 0.2) is 5.13 Å². The smallest absolute Gasteiger partial charge is 0.226 e. The van der Waals surface area contributed by atoms with Crippen LogP contribution in [0.1, 0.15) is 18.4 Å². The van der Waals surface area contributed by atoms with Gasteiger partial charge in [-0.3, -0.25) is 4.79 Å². The van der Waals surface area contributed by atoms with E-state index in [2.05, 4.69) is 40.6 Å². The number of anilines is 1. The van der Waals surface area contributed by atoms with Gasteiger partial charge in [-0.25, -0.2) is 4.98 Å². The van der Waals surface area contributed by atoms with Crippen LogP contribution in [0.15, 0.2) is 72.1 Å². The van der Waals surface area contributed by atoms with Crippen molar-refractivity contribution >= 4 is 33.1 Å². The second kappa shape index (κ2) is 8.88. The van der Waals surface area contributed by atoms with Crippen LogP contribution in [0.5, 0.6) is 5.75 Å². The van der Waals surface area contributed by atoms with Gasteiger partial charge in [-0.1, -0.05) is 54.6 Å². The van der Waals surface area contributed by atoms with Crippen LogP contribution in [0, 0.1) is 6.92 Å². The highest BCUT2D eigenvalue weighted by Crippen LogP contribution is 2.28. The fourth-order valence-electron chi connectivity index (χ4n) is 3.13. The summed E-state index contributed by atoms with van der Waals surface area (Å²) in [6, 6.07) is 22.4. The molecule has 0 fully saturated rings. The average Bonchev–Trinajstić information content (AvgIpc) is 3.20. The van der Waals surface area contributed by atoms with Crippen LogP contribution in [0.25, 0.3) is 22.0 Å². The lowest BCUT2D eigenvalue weighted by Crippen LogP contribution is -2.12. The maximum Gasteiger partial charge on any atom is 0.226 e. The lowest BCUT2D eigenvalue weighted by Gasteiger charge is -2.08. The molecule has 1 amide bonds. The third-order valence-electron chi connectivity index (χ3n) is 4.70. The van der Waals surface area contributed by atoms with E-state index in [1.165, 1.54) is 22.1 Å². The molecular formula is C24H22N2O2S. The number of carbonyl (C=O) groups is 1. The summed E-state index contributed by atoms with van der Waals surface area (Å²) in [4.78, 5) is 16.8. The van der Waals surface area contributed by atoms with Gasteiger partial charge in [0.2, 0.25) is 5.91 Å². The Morgan fingerprint density at radius 3 is 2.69 bits per heavy atom. The van der Waals surface area contributed by atoms with Gasteiger partial charge in [-0.15, -0.1) is 11.3 Å². The van der Waals surface area contributed by atoms with Crippen LogP contribution in [0.4, 0.5) is 5.13 Å². The summed E-state index contributed by atoms with van der Waals surface area (Å²) in [5.41, 5.74) is 3.02. The third kappa shape index (κ3) is 4.81. The number of fused-ring (bicyclic) bond motifs is 1. The maximum atomic E-state index is 12.2. The molecule has 4 aromatic rings. The van der Waals surface area contributed by atoms with Crippen LogP contribution >= 0.6 is 11.3 Å². The summed E-state index contributed by atoms with van der Waals surface area (Å²) >= 11 is 1.44. The minimum atomic E-state index is -0.0437. The van der Waals surface area contributed by atoms with Gasteiger partial charge in [0.25, 0.3) is 0 Å². The van der Waals surface area contributed by atoms with E-state index in [0.717, 1.165) is 22.6 Å². The zero-order chi connectivity index (χ0) is 20.1. The number of nitrogens with zero attached hydrogens (tertiary/aromatic N) is 1. The van der Waals surface area contributed by atoms with Gasteiger partial charge < -0.3 is 10.1 Å². The largest absolute Gasteiger partial charge is 0.493 e. The zero-order valence-corrected chi connectivity index (χ0v) is 17.0. The average molecular weight is 403 g/mol. The Hall–Kier alpha value is -3.18. The normalized spacial score (nSPS) is 10.8. The quantitative estimate of drug-likeness (QED) is 0.382. The monoisotopic (exact) mass is 402 g/mol. The van der Waals surface area contributed by atoms with E-state index >= 15 is 0 Å². The first kappa shape index (κ1) is 19.2. The Morgan fingerprint density at radius 1 is 1.03 bits per heavy atom. The Labute approximate surface area is 174 Å². The molecule has 0 spiro atoms. The second-order valence-electron chi connectivity index (χ2n) is 6.87. The van der Waals surface area contributed by atoms with Crippen LogP contribution in [0.3, 0.4) is 0 Å². The van der Waals surface area contributed by atoms with Crippen molar-refractivity contribution in [3.63, 3.8) is 0 Å². The van der Waals surface area contributed by atoms with Gasteiger partial charge in [0.05, 0.1) is 12.3 Å². The van der Waals surface area contributed by atoms with Crippen molar-refractivity contribution in [2.75, 3.05) is 11.9 Å². The van der Waals surface area contributed by atoms with Crippen LogP contribution in [0.2, 0.25) is 0 Å². The van der Waals surface area contributed by atoms with Crippen molar-refractivity contribution in [2.24, 2.45) is 0 Å². The molecule has 0 aliphatic rings. The maximum absolute atomic E-state index is 12.2. The summed E-state index contributed by atoms with van der Waals surface area (Å²) < 4.78 is 5.74. The number of hydrogen-bond donors (Lipinski definition) is 1. The lowest BCUT2D eigenvalue weighted by molar-refractivity contribution is -0.116. The molecule has 0 saturated carbocycles. The fourth-order valence-corrected chi connectivity index (χ4v) is 3.86. The molecule has 1 aromatic heterocycles. The molecule has 0 atom stereocenters. The Bertz CT molecular complexity index is 1140. The molecule has 0 bridgehead atoms. The van der Waals surface area contributed by atoms with Crippen molar-refractivity contribution in [1.82, 2.24) is 4.98 Å². The van der Waals surface area contributed by atoms with E-state index < -0.39 is 0 Å².